The van der Waals surface area contributed by atoms with E-state index in [1.165, 1.54) is 12.1 Å². The molecular formula is C21H14N2O5S2. The van der Waals surface area contributed by atoms with E-state index in [0.29, 0.717) is 15.8 Å². The molecule has 4 aromatic rings. The van der Waals surface area contributed by atoms with E-state index in [4.69, 9.17) is 10.8 Å². The summed E-state index contributed by atoms with van der Waals surface area (Å²) in [7, 11) is -3.40. The Morgan fingerprint density at radius 3 is 2.77 bits per heavy atom. The maximum atomic E-state index is 12.8. The molecule has 0 aliphatic heterocycles. The summed E-state index contributed by atoms with van der Waals surface area (Å²) in [4.78, 5) is 29.9. The molecule has 150 valence electrons. The standard InChI is InChI=1S/C21H14N2O5S2/c1-3-10-23-16-9-8-13(30(2,26)27)11-18(16)29-21(23)22-20(25)15-12-28-17-7-5-4-6-14(17)19(15)24/h1,4-9,11-12H,10H2,2H3. The van der Waals surface area contributed by atoms with E-state index in [0.717, 1.165) is 23.9 Å². The Morgan fingerprint density at radius 1 is 1.27 bits per heavy atom. The number of amides is 1. The summed E-state index contributed by atoms with van der Waals surface area (Å²) in [5.74, 6) is 1.73. The summed E-state index contributed by atoms with van der Waals surface area (Å²) < 4.78 is 31.3. The molecular weight excluding hydrogens is 424 g/mol. The zero-order valence-corrected chi connectivity index (χ0v) is 17.3. The highest BCUT2D eigenvalue weighted by Gasteiger charge is 2.16. The van der Waals surface area contributed by atoms with E-state index in [-0.39, 0.29) is 27.2 Å². The van der Waals surface area contributed by atoms with Gasteiger partial charge in [0.05, 0.1) is 27.0 Å². The lowest BCUT2D eigenvalue weighted by Gasteiger charge is -2.01. The van der Waals surface area contributed by atoms with Crippen LogP contribution in [-0.2, 0) is 16.4 Å². The van der Waals surface area contributed by atoms with Crippen molar-refractivity contribution in [2.75, 3.05) is 6.26 Å². The maximum Gasteiger partial charge on any atom is 0.286 e. The van der Waals surface area contributed by atoms with Gasteiger partial charge in [0, 0.05) is 6.26 Å². The van der Waals surface area contributed by atoms with Crippen LogP contribution in [0.4, 0.5) is 0 Å². The second-order valence-electron chi connectivity index (χ2n) is 6.47. The predicted molar refractivity (Wildman–Crippen MR) is 114 cm³/mol. The van der Waals surface area contributed by atoms with Crippen molar-refractivity contribution >= 4 is 48.3 Å². The summed E-state index contributed by atoms with van der Waals surface area (Å²) in [5, 5.41) is 0.282. The van der Waals surface area contributed by atoms with E-state index in [1.807, 2.05) is 0 Å². The monoisotopic (exact) mass is 438 g/mol. The topological polar surface area (TPSA) is 98.7 Å². The van der Waals surface area contributed by atoms with Crippen molar-refractivity contribution in [3.63, 3.8) is 0 Å². The average Bonchev–Trinajstić information content (AvgIpc) is 3.04. The van der Waals surface area contributed by atoms with E-state index in [2.05, 4.69) is 10.9 Å². The number of carbonyl (C=O) groups excluding carboxylic acids is 1. The van der Waals surface area contributed by atoms with Gasteiger partial charge in [0.15, 0.2) is 14.6 Å². The third-order valence-corrected chi connectivity index (χ3v) is 6.59. The van der Waals surface area contributed by atoms with Crippen LogP contribution in [0.15, 0.2) is 67.8 Å². The van der Waals surface area contributed by atoms with Crippen molar-refractivity contribution < 1.29 is 17.6 Å². The Hall–Kier alpha value is -3.48. The van der Waals surface area contributed by atoms with Gasteiger partial charge in [0.25, 0.3) is 5.91 Å². The molecule has 0 atom stereocenters. The number of nitrogens with zero attached hydrogens (tertiary/aromatic N) is 2. The Balaban J connectivity index is 1.91. The smallest absolute Gasteiger partial charge is 0.286 e. The zero-order chi connectivity index (χ0) is 21.5. The lowest BCUT2D eigenvalue weighted by atomic mass is 10.2. The lowest BCUT2D eigenvalue weighted by Crippen LogP contribution is -2.19. The maximum absolute atomic E-state index is 12.8. The first-order valence-electron chi connectivity index (χ1n) is 8.66. The van der Waals surface area contributed by atoms with Crippen molar-refractivity contribution in [2.24, 2.45) is 4.99 Å². The number of rotatable bonds is 3. The number of terminal acetylenes is 1. The summed E-state index contributed by atoms with van der Waals surface area (Å²) in [6, 6.07) is 11.2. The summed E-state index contributed by atoms with van der Waals surface area (Å²) in [6.45, 7) is 0.122. The van der Waals surface area contributed by atoms with Gasteiger partial charge in [0.2, 0.25) is 5.43 Å². The van der Waals surface area contributed by atoms with Gasteiger partial charge in [-0.3, -0.25) is 9.59 Å². The SMILES string of the molecule is C#CCn1c(=NC(=O)c2coc3ccccc3c2=O)sc2cc(S(C)(=O)=O)ccc21. The summed E-state index contributed by atoms with van der Waals surface area (Å²) in [6.07, 6.45) is 7.66. The minimum Gasteiger partial charge on any atom is -0.463 e. The number of carbonyl (C=O) groups is 1. The minimum atomic E-state index is -3.40. The lowest BCUT2D eigenvalue weighted by molar-refractivity contribution is 0.0995. The van der Waals surface area contributed by atoms with Crippen LogP contribution >= 0.6 is 11.3 Å². The Bertz CT molecular complexity index is 1600. The van der Waals surface area contributed by atoms with Gasteiger partial charge in [-0.2, -0.15) is 4.99 Å². The second kappa shape index (κ2) is 7.40. The van der Waals surface area contributed by atoms with E-state index in [9.17, 15) is 18.0 Å². The molecule has 0 aliphatic carbocycles. The van der Waals surface area contributed by atoms with Gasteiger partial charge in [-0.1, -0.05) is 29.4 Å². The number of para-hydroxylation sites is 1. The first kappa shape index (κ1) is 19.8. The molecule has 4 rings (SSSR count). The van der Waals surface area contributed by atoms with Crippen LogP contribution in [0.2, 0.25) is 0 Å². The molecule has 2 aromatic carbocycles. The largest absolute Gasteiger partial charge is 0.463 e. The van der Waals surface area contributed by atoms with Crippen LogP contribution < -0.4 is 10.2 Å². The summed E-state index contributed by atoms with van der Waals surface area (Å²) >= 11 is 1.11. The first-order valence-corrected chi connectivity index (χ1v) is 11.4. The van der Waals surface area contributed by atoms with E-state index >= 15 is 0 Å². The predicted octanol–water partition coefficient (Wildman–Crippen LogP) is 2.59. The van der Waals surface area contributed by atoms with Gasteiger partial charge >= 0.3 is 0 Å². The van der Waals surface area contributed by atoms with Gasteiger partial charge in [-0.15, -0.1) is 6.42 Å². The normalized spacial score (nSPS) is 12.3. The van der Waals surface area contributed by atoms with Gasteiger partial charge in [0.1, 0.15) is 17.4 Å². The Kier molecular flexibility index (Phi) is 4.89. The highest BCUT2D eigenvalue weighted by atomic mass is 32.2. The molecule has 2 heterocycles. The van der Waals surface area contributed by atoms with Crippen LogP contribution in [0.25, 0.3) is 21.2 Å². The average molecular weight is 438 g/mol. The van der Waals surface area contributed by atoms with E-state index in [1.54, 1.807) is 34.9 Å². The van der Waals surface area contributed by atoms with Crippen LogP contribution in [0.1, 0.15) is 10.4 Å². The Labute approximate surface area is 174 Å². The number of aromatic nitrogens is 1. The van der Waals surface area contributed by atoms with Crippen LogP contribution in [0.3, 0.4) is 0 Å². The molecule has 0 saturated heterocycles. The van der Waals surface area contributed by atoms with Crippen LogP contribution in [-0.4, -0.2) is 25.1 Å². The molecule has 9 heteroatoms. The van der Waals surface area contributed by atoms with Crippen molar-refractivity contribution in [1.29, 1.82) is 0 Å². The molecule has 0 fully saturated rings. The Morgan fingerprint density at radius 2 is 2.03 bits per heavy atom. The molecule has 1 amide bonds. The highest BCUT2D eigenvalue weighted by molar-refractivity contribution is 7.90. The van der Waals surface area contributed by atoms with Gasteiger partial charge < -0.3 is 8.98 Å². The fourth-order valence-electron chi connectivity index (χ4n) is 2.99. The number of thiazole rings is 1. The number of fused-ring (bicyclic) bond motifs is 2. The first-order chi connectivity index (χ1) is 14.3. The molecule has 0 saturated carbocycles. The molecule has 0 N–H and O–H groups in total. The number of hydrogen-bond acceptors (Lipinski definition) is 6. The fourth-order valence-corrected chi connectivity index (χ4v) is 4.78. The van der Waals surface area contributed by atoms with Gasteiger partial charge in [-0.05, 0) is 30.3 Å². The van der Waals surface area contributed by atoms with Crippen molar-refractivity contribution in [3.8, 4) is 12.3 Å². The summed E-state index contributed by atoms with van der Waals surface area (Å²) in [5.41, 5.74) is 0.337. The molecule has 0 unspecified atom stereocenters. The molecule has 0 radical (unpaired) electrons. The molecule has 7 nitrogen and oxygen atoms in total. The highest BCUT2D eigenvalue weighted by Crippen LogP contribution is 2.22. The van der Waals surface area contributed by atoms with Crippen LogP contribution in [0.5, 0.6) is 0 Å². The molecule has 0 bridgehead atoms. The fraction of sp³-hybridized carbons (Fsp3) is 0.0952. The van der Waals surface area contributed by atoms with Crippen molar-refractivity contribution in [2.45, 2.75) is 11.4 Å². The second-order valence-corrected chi connectivity index (χ2v) is 9.49. The van der Waals surface area contributed by atoms with Gasteiger partial charge in [-0.25, -0.2) is 8.42 Å². The molecule has 0 spiro atoms. The third kappa shape index (κ3) is 3.47. The minimum absolute atomic E-state index is 0.122. The van der Waals surface area contributed by atoms with Crippen molar-refractivity contribution in [1.82, 2.24) is 4.57 Å². The molecule has 30 heavy (non-hydrogen) atoms. The number of sulfone groups is 1. The zero-order valence-electron chi connectivity index (χ0n) is 15.7. The quantitative estimate of drug-likeness (QED) is 0.458. The number of benzene rings is 2. The molecule has 2 aromatic heterocycles. The molecule has 0 aliphatic rings. The number of hydrogen-bond donors (Lipinski definition) is 0. The van der Waals surface area contributed by atoms with E-state index < -0.39 is 21.2 Å². The van der Waals surface area contributed by atoms with Crippen molar-refractivity contribution in [3.05, 3.63) is 69.3 Å². The van der Waals surface area contributed by atoms with Crippen LogP contribution in [0, 0.1) is 12.3 Å². The third-order valence-electron chi connectivity index (χ3n) is 4.44.